The van der Waals surface area contributed by atoms with Gasteiger partial charge < -0.3 is 15.3 Å². The van der Waals surface area contributed by atoms with Crippen molar-refractivity contribution >= 4 is 0 Å². The Kier molecular flexibility index (Phi) is 12.9. The zero-order valence-corrected chi connectivity index (χ0v) is 14.9. The van der Waals surface area contributed by atoms with E-state index >= 15 is 0 Å². The molecule has 22 heavy (non-hydrogen) atoms. The normalized spacial score (nSPS) is 17.5. The van der Waals surface area contributed by atoms with E-state index in [-0.39, 0.29) is 13.2 Å². The topological polar surface area (TPSA) is 60.7 Å². The van der Waals surface area contributed by atoms with E-state index < -0.39 is 5.60 Å². The largest absolute Gasteiger partial charge is 0.396 e. The molecule has 0 bridgehead atoms. The van der Waals surface area contributed by atoms with Crippen LogP contribution >= 0.6 is 0 Å². The minimum Gasteiger partial charge on any atom is -0.396 e. The van der Waals surface area contributed by atoms with E-state index in [1.54, 1.807) is 6.08 Å². The fourth-order valence-corrected chi connectivity index (χ4v) is 2.80. The second-order valence-corrected chi connectivity index (χ2v) is 7.26. The third-order valence-electron chi connectivity index (χ3n) is 4.48. The Labute approximate surface area is 137 Å². The van der Waals surface area contributed by atoms with E-state index in [4.69, 9.17) is 10.2 Å². The van der Waals surface area contributed by atoms with Gasteiger partial charge in [0.2, 0.25) is 0 Å². The third-order valence-corrected chi connectivity index (χ3v) is 4.48. The van der Waals surface area contributed by atoms with Crippen molar-refractivity contribution in [3.05, 3.63) is 12.2 Å². The molecule has 3 nitrogen and oxygen atoms in total. The van der Waals surface area contributed by atoms with E-state index in [1.165, 1.54) is 19.3 Å². The first kappa shape index (κ1) is 21.6. The van der Waals surface area contributed by atoms with Gasteiger partial charge in [-0.25, -0.2) is 0 Å². The number of aliphatic hydroxyl groups excluding tert-OH is 2. The standard InChI is InChI=1S/C19H38O3/c1-17(10-6-4-5-7-15-20)11-8-13-19(3,22)14-9-12-18(2)16-21/h5,7,17-18,20-22H,4,6,8-16H2,1-3H3/b7-5+/t17-,18+,19+/m0/s1. The molecule has 0 unspecified atom stereocenters. The summed E-state index contributed by atoms with van der Waals surface area (Å²) >= 11 is 0. The molecule has 3 heteroatoms. The van der Waals surface area contributed by atoms with Crippen molar-refractivity contribution in [1.29, 1.82) is 0 Å². The molecule has 0 saturated heterocycles. The first-order valence-electron chi connectivity index (χ1n) is 9.00. The molecule has 0 aromatic heterocycles. The van der Waals surface area contributed by atoms with Crippen LogP contribution in [0.25, 0.3) is 0 Å². The van der Waals surface area contributed by atoms with Crippen molar-refractivity contribution in [1.82, 2.24) is 0 Å². The summed E-state index contributed by atoms with van der Waals surface area (Å²) in [6.07, 6.45) is 13.2. The number of aliphatic hydroxyl groups is 3. The van der Waals surface area contributed by atoms with Gasteiger partial charge in [0.1, 0.15) is 0 Å². The molecule has 0 rings (SSSR count). The van der Waals surface area contributed by atoms with Crippen LogP contribution in [0.2, 0.25) is 0 Å². The molecule has 0 aromatic carbocycles. The summed E-state index contributed by atoms with van der Waals surface area (Å²) in [4.78, 5) is 0. The van der Waals surface area contributed by atoms with Gasteiger partial charge >= 0.3 is 0 Å². The van der Waals surface area contributed by atoms with Crippen LogP contribution in [0.1, 0.15) is 78.6 Å². The quantitative estimate of drug-likeness (QED) is 0.335. The van der Waals surface area contributed by atoms with E-state index in [9.17, 15) is 5.11 Å². The van der Waals surface area contributed by atoms with Gasteiger partial charge in [0.15, 0.2) is 0 Å². The van der Waals surface area contributed by atoms with Crippen LogP contribution in [0.5, 0.6) is 0 Å². The lowest BCUT2D eigenvalue weighted by atomic mass is 9.89. The van der Waals surface area contributed by atoms with Gasteiger partial charge in [0.25, 0.3) is 0 Å². The molecule has 0 fully saturated rings. The second-order valence-electron chi connectivity index (χ2n) is 7.26. The predicted molar refractivity (Wildman–Crippen MR) is 93.8 cm³/mol. The molecule has 132 valence electrons. The monoisotopic (exact) mass is 314 g/mol. The molecule has 0 amide bonds. The minimum atomic E-state index is -0.557. The Hall–Kier alpha value is -0.380. The van der Waals surface area contributed by atoms with Gasteiger partial charge in [-0.2, -0.15) is 0 Å². The molecule has 0 aliphatic carbocycles. The summed E-state index contributed by atoms with van der Waals surface area (Å²) in [5, 5.41) is 28.0. The summed E-state index contributed by atoms with van der Waals surface area (Å²) in [6.45, 7) is 6.66. The molecule has 0 aliphatic heterocycles. The fraction of sp³-hybridized carbons (Fsp3) is 0.895. The average Bonchev–Trinajstić information content (AvgIpc) is 2.46. The summed E-state index contributed by atoms with van der Waals surface area (Å²) in [6, 6.07) is 0. The molecule has 0 saturated carbocycles. The van der Waals surface area contributed by atoms with Gasteiger partial charge in [-0.05, 0) is 50.9 Å². The van der Waals surface area contributed by atoms with E-state index in [1.807, 2.05) is 19.9 Å². The number of rotatable bonds is 14. The Balaban J connectivity index is 3.67. The predicted octanol–water partition coefficient (Wildman–Crippen LogP) is 4.06. The van der Waals surface area contributed by atoms with Crippen molar-refractivity contribution in [3.63, 3.8) is 0 Å². The highest BCUT2D eigenvalue weighted by atomic mass is 16.3. The maximum absolute atomic E-state index is 10.4. The van der Waals surface area contributed by atoms with Crippen LogP contribution < -0.4 is 0 Å². The average molecular weight is 315 g/mol. The highest BCUT2D eigenvalue weighted by Gasteiger charge is 2.20. The van der Waals surface area contributed by atoms with Gasteiger partial charge in [0.05, 0.1) is 12.2 Å². The SMILES string of the molecule is C[C@@H](CCC/C=C/CO)CCC[C@@](C)(O)CCC[C@@H](C)CO. The van der Waals surface area contributed by atoms with Crippen LogP contribution in [-0.4, -0.2) is 34.1 Å². The molecular formula is C19H38O3. The lowest BCUT2D eigenvalue weighted by Gasteiger charge is -2.24. The first-order valence-corrected chi connectivity index (χ1v) is 9.00. The molecule has 3 atom stereocenters. The summed E-state index contributed by atoms with van der Waals surface area (Å²) < 4.78 is 0. The van der Waals surface area contributed by atoms with Gasteiger partial charge in [-0.15, -0.1) is 0 Å². The lowest BCUT2D eigenvalue weighted by Crippen LogP contribution is -2.24. The number of allylic oxidation sites excluding steroid dienone is 1. The third kappa shape index (κ3) is 13.3. The maximum atomic E-state index is 10.4. The molecular weight excluding hydrogens is 276 g/mol. The molecule has 0 radical (unpaired) electrons. The van der Waals surface area contributed by atoms with Gasteiger partial charge in [-0.1, -0.05) is 51.7 Å². The minimum absolute atomic E-state index is 0.141. The summed E-state index contributed by atoms with van der Waals surface area (Å²) in [5.41, 5.74) is -0.557. The highest BCUT2D eigenvalue weighted by molar-refractivity contribution is 4.80. The van der Waals surface area contributed by atoms with E-state index in [0.29, 0.717) is 11.8 Å². The Morgan fingerprint density at radius 1 is 0.864 bits per heavy atom. The zero-order chi connectivity index (χ0) is 16.8. The van der Waals surface area contributed by atoms with Crippen molar-refractivity contribution in [3.8, 4) is 0 Å². The second kappa shape index (κ2) is 13.1. The molecule has 0 heterocycles. The van der Waals surface area contributed by atoms with Crippen molar-refractivity contribution in [2.45, 2.75) is 84.2 Å². The number of hydrogen-bond acceptors (Lipinski definition) is 3. The summed E-state index contributed by atoms with van der Waals surface area (Å²) in [5.74, 6) is 1.04. The van der Waals surface area contributed by atoms with Crippen molar-refractivity contribution in [2.24, 2.45) is 11.8 Å². The smallest absolute Gasteiger partial charge is 0.0619 e. The van der Waals surface area contributed by atoms with Crippen LogP contribution in [-0.2, 0) is 0 Å². The highest BCUT2D eigenvalue weighted by Crippen LogP contribution is 2.24. The van der Waals surface area contributed by atoms with Crippen LogP contribution in [0.3, 0.4) is 0 Å². The molecule has 0 aromatic rings. The van der Waals surface area contributed by atoms with Crippen LogP contribution in [0.15, 0.2) is 12.2 Å². The Morgan fingerprint density at radius 3 is 1.95 bits per heavy atom. The number of unbranched alkanes of at least 4 members (excludes halogenated alkanes) is 1. The zero-order valence-electron chi connectivity index (χ0n) is 14.9. The Morgan fingerprint density at radius 2 is 1.41 bits per heavy atom. The molecule has 3 N–H and O–H groups in total. The van der Waals surface area contributed by atoms with Gasteiger partial charge in [0, 0.05) is 6.61 Å². The summed E-state index contributed by atoms with van der Waals surface area (Å²) in [7, 11) is 0. The van der Waals surface area contributed by atoms with E-state index in [0.717, 1.165) is 38.5 Å². The number of hydrogen-bond donors (Lipinski definition) is 3. The molecule has 0 aliphatic rings. The van der Waals surface area contributed by atoms with Gasteiger partial charge in [-0.3, -0.25) is 0 Å². The fourth-order valence-electron chi connectivity index (χ4n) is 2.80. The lowest BCUT2D eigenvalue weighted by molar-refractivity contribution is 0.0341. The van der Waals surface area contributed by atoms with Crippen molar-refractivity contribution < 1.29 is 15.3 Å². The first-order chi connectivity index (χ1) is 10.4. The van der Waals surface area contributed by atoms with Crippen molar-refractivity contribution in [2.75, 3.05) is 13.2 Å². The van der Waals surface area contributed by atoms with Crippen LogP contribution in [0, 0.1) is 11.8 Å². The molecule has 0 spiro atoms. The maximum Gasteiger partial charge on any atom is 0.0619 e. The van der Waals surface area contributed by atoms with Crippen LogP contribution in [0.4, 0.5) is 0 Å². The van der Waals surface area contributed by atoms with E-state index in [2.05, 4.69) is 6.92 Å². The Bertz CT molecular complexity index is 274.